The van der Waals surface area contributed by atoms with Crippen molar-refractivity contribution >= 4 is 0 Å². The van der Waals surface area contributed by atoms with Gasteiger partial charge in [-0.2, -0.15) is 0 Å². The maximum Gasteiger partial charge on any atom is 0.223 e. The average Bonchev–Trinajstić information content (AvgIpc) is 2.53. The van der Waals surface area contributed by atoms with Crippen LogP contribution >= 0.6 is 0 Å². The van der Waals surface area contributed by atoms with Crippen molar-refractivity contribution in [2.75, 3.05) is 0 Å². The molecule has 0 spiro atoms. The van der Waals surface area contributed by atoms with Crippen molar-refractivity contribution < 1.29 is 4.92 Å². The van der Waals surface area contributed by atoms with Crippen LogP contribution in [0.15, 0.2) is 60.7 Å². The summed E-state index contributed by atoms with van der Waals surface area (Å²) >= 11 is 0. The molecule has 0 radical (unpaired) electrons. The van der Waals surface area contributed by atoms with E-state index in [1.54, 1.807) is 0 Å². The van der Waals surface area contributed by atoms with E-state index >= 15 is 0 Å². The molecule has 2 aromatic rings. The van der Waals surface area contributed by atoms with Crippen LogP contribution in [0.1, 0.15) is 43.2 Å². The first-order valence-electron chi connectivity index (χ1n) is 7.47. The Morgan fingerprint density at radius 1 is 0.952 bits per heavy atom. The van der Waals surface area contributed by atoms with E-state index in [4.69, 9.17) is 0 Å². The SMILES string of the molecule is CCCCC(C(c1ccccc1)c1ccccc1)[N+](=O)[O-]. The van der Waals surface area contributed by atoms with Crippen LogP contribution in [0.4, 0.5) is 0 Å². The fraction of sp³-hybridized carbons (Fsp3) is 0.333. The smallest absolute Gasteiger partial charge is 0.223 e. The lowest BCUT2D eigenvalue weighted by molar-refractivity contribution is -0.526. The second kappa shape index (κ2) is 7.58. The molecule has 0 aliphatic carbocycles. The maximum atomic E-state index is 11.6. The van der Waals surface area contributed by atoms with Crippen molar-refractivity contribution in [3.63, 3.8) is 0 Å². The highest BCUT2D eigenvalue weighted by atomic mass is 16.6. The first-order chi connectivity index (χ1) is 10.2. The van der Waals surface area contributed by atoms with E-state index in [-0.39, 0.29) is 10.8 Å². The second-order valence-electron chi connectivity index (χ2n) is 5.29. The van der Waals surface area contributed by atoms with Crippen LogP contribution in [0.5, 0.6) is 0 Å². The van der Waals surface area contributed by atoms with Crippen molar-refractivity contribution in [3.8, 4) is 0 Å². The quantitative estimate of drug-likeness (QED) is 0.548. The topological polar surface area (TPSA) is 43.1 Å². The molecule has 0 fully saturated rings. The van der Waals surface area contributed by atoms with Crippen molar-refractivity contribution in [2.45, 2.75) is 38.1 Å². The first kappa shape index (κ1) is 15.2. The van der Waals surface area contributed by atoms with Gasteiger partial charge in [-0.25, -0.2) is 0 Å². The Morgan fingerprint density at radius 2 is 1.43 bits per heavy atom. The van der Waals surface area contributed by atoms with Gasteiger partial charge in [0.2, 0.25) is 6.04 Å². The third kappa shape index (κ3) is 3.91. The van der Waals surface area contributed by atoms with Gasteiger partial charge in [-0.1, -0.05) is 74.0 Å². The Morgan fingerprint density at radius 3 is 1.81 bits per heavy atom. The summed E-state index contributed by atoms with van der Waals surface area (Å²) in [5.74, 6) is -0.186. The predicted molar refractivity (Wildman–Crippen MR) is 85.0 cm³/mol. The van der Waals surface area contributed by atoms with Crippen molar-refractivity contribution in [3.05, 3.63) is 81.9 Å². The zero-order valence-corrected chi connectivity index (χ0v) is 12.3. The summed E-state index contributed by atoms with van der Waals surface area (Å²) in [6.45, 7) is 2.07. The summed E-state index contributed by atoms with van der Waals surface area (Å²) in [5, 5.41) is 11.6. The van der Waals surface area contributed by atoms with Crippen LogP contribution in [-0.2, 0) is 0 Å². The van der Waals surface area contributed by atoms with E-state index in [0.29, 0.717) is 6.42 Å². The van der Waals surface area contributed by atoms with E-state index in [1.165, 1.54) is 0 Å². The fourth-order valence-corrected chi connectivity index (χ4v) is 2.76. The lowest BCUT2D eigenvalue weighted by Crippen LogP contribution is -2.28. The molecule has 2 aromatic carbocycles. The summed E-state index contributed by atoms with van der Waals surface area (Å²) < 4.78 is 0. The zero-order chi connectivity index (χ0) is 15.1. The molecule has 3 nitrogen and oxygen atoms in total. The molecule has 0 amide bonds. The predicted octanol–water partition coefficient (Wildman–Crippen LogP) is 4.65. The minimum absolute atomic E-state index is 0.111. The van der Waals surface area contributed by atoms with Crippen LogP contribution < -0.4 is 0 Å². The molecule has 0 aliphatic rings. The third-order valence-corrected chi connectivity index (χ3v) is 3.83. The molecular weight excluding hydrogens is 262 g/mol. The van der Waals surface area contributed by atoms with E-state index in [2.05, 4.69) is 6.92 Å². The molecule has 1 unspecified atom stereocenters. The van der Waals surface area contributed by atoms with Gasteiger partial charge in [-0.05, 0) is 17.5 Å². The molecule has 21 heavy (non-hydrogen) atoms. The van der Waals surface area contributed by atoms with Crippen molar-refractivity contribution in [1.29, 1.82) is 0 Å². The van der Waals surface area contributed by atoms with Gasteiger partial charge in [-0.15, -0.1) is 0 Å². The molecule has 0 N–H and O–H groups in total. The van der Waals surface area contributed by atoms with Gasteiger partial charge in [0.15, 0.2) is 0 Å². The summed E-state index contributed by atoms with van der Waals surface area (Å²) in [6.07, 6.45) is 2.46. The largest absolute Gasteiger partial charge is 0.264 e. The summed E-state index contributed by atoms with van der Waals surface area (Å²) in [5.41, 5.74) is 2.03. The van der Waals surface area contributed by atoms with Gasteiger partial charge in [0, 0.05) is 11.3 Å². The summed E-state index contributed by atoms with van der Waals surface area (Å²) in [7, 11) is 0. The molecule has 3 heteroatoms. The molecule has 110 valence electrons. The number of unbranched alkanes of at least 4 members (excludes halogenated alkanes) is 1. The monoisotopic (exact) mass is 283 g/mol. The van der Waals surface area contributed by atoms with Gasteiger partial charge < -0.3 is 0 Å². The van der Waals surface area contributed by atoms with Crippen molar-refractivity contribution in [1.82, 2.24) is 0 Å². The molecule has 0 saturated carbocycles. The molecule has 1 atom stereocenters. The Balaban J connectivity index is 2.42. The molecule has 0 aliphatic heterocycles. The Bertz CT molecular complexity index is 514. The summed E-state index contributed by atoms with van der Waals surface area (Å²) in [4.78, 5) is 11.5. The highest BCUT2D eigenvalue weighted by molar-refractivity contribution is 5.33. The zero-order valence-electron chi connectivity index (χ0n) is 12.3. The van der Waals surface area contributed by atoms with E-state index in [0.717, 1.165) is 24.0 Å². The number of hydrogen-bond donors (Lipinski definition) is 0. The van der Waals surface area contributed by atoms with Crippen LogP contribution in [0.25, 0.3) is 0 Å². The molecule has 0 heterocycles. The van der Waals surface area contributed by atoms with Crippen molar-refractivity contribution in [2.24, 2.45) is 0 Å². The highest BCUT2D eigenvalue weighted by Gasteiger charge is 2.33. The summed E-state index contributed by atoms with van der Waals surface area (Å²) in [6, 6.07) is 19.0. The van der Waals surface area contributed by atoms with E-state index in [1.807, 2.05) is 60.7 Å². The normalized spacial score (nSPS) is 12.3. The van der Waals surface area contributed by atoms with Crippen LogP contribution in [-0.4, -0.2) is 11.0 Å². The standard InChI is InChI=1S/C18H21NO2/c1-2-3-14-17(19(20)21)18(15-10-6-4-7-11-15)16-12-8-5-9-13-16/h4-13,17-18H,2-3,14H2,1H3. The molecule has 0 bridgehead atoms. The van der Waals surface area contributed by atoms with Gasteiger partial charge in [0.25, 0.3) is 0 Å². The number of nitro groups is 1. The number of hydrogen-bond acceptors (Lipinski definition) is 2. The van der Waals surface area contributed by atoms with Gasteiger partial charge in [-0.3, -0.25) is 10.1 Å². The fourth-order valence-electron chi connectivity index (χ4n) is 2.76. The van der Waals surface area contributed by atoms with E-state index in [9.17, 15) is 10.1 Å². The second-order valence-corrected chi connectivity index (χ2v) is 5.29. The molecular formula is C18H21NO2. The molecule has 0 aromatic heterocycles. The maximum absolute atomic E-state index is 11.6. The Hall–Kier alpha value is -2.16. The minimum atomic E-state index is -0.574. The number of rotatable bonds is 7. The molecule has 0 saturated heterocycles. The third-order valence-electron chi connectivity index (χ3n) is 3.83. The Labute approximate surface area is 125 Å². The van der Waals surface area contributed by atoms with Crippen LogP contribution in [0.2, 0.25) is 0 Å². The lowest BCUT2D eigenvalue weighted by Gasteiger charge is -2.22. The van der Waals surface area contributed by atoms with E-state index < -0.39 is 6.04 Å². The number of nitrogens with zero attached hydrogens (tertiary/aromatic N) is 1. The van der Waals surface area contributed by atoms with Crippen LogP contribution in [0.3, 0.4) is 0 Å². The minimum Gasteiger partial charge on any atom is -0.264 e. The average molecular weight is 283 g/mol. The Kier molecular flexibility index (Phi) is 5.50. The molecule has 2 rings (SSSR count). The lowest BCUT2D eigenvalue weighted by atomic mass is 9.83. The van der Waals surface area contributed by atoms with Crippen LogP contribution in [0, 0.1) is 10.1 Å². The number of benzene rings is 2. The van der Waals surface area contributed by atoms with Gasteiger partial charge >= 0.3 is 0 Å². The first-order valence-corrected chi connectivity index (χ1v) is 7.47. The highest BCUT2D eigenvalue weighted by Crippen LogP contribution is 2.31. The van der Waals surface area contributed by atoms with Gasteiger partial charge in [0.05, 0.1) is 5.92 Å². The van der Waals surface area contributed by atoms with Gasteiger partial charge in [0.1, 0.15) is 0 Å².